The van der Waals surface area contributed by atoms with Crippen LogP contribution in [0.4, 0.5) is 0 Å². The van der Waals surface area contributed by atoms with Gasteiger partial charge in [-0.15, -0.1) is 0 Å². The van der Waals surface area contributed by atoms with Crippen LogP contribution < -0.4 is 0 Å². The zero-order valence-electron chi connectivity index (χ0n) is 5.57. The maximum atomic E-state index is 9.55. The van der Waals surface area contributed by atoms with Gasteiger partial charge in [0.2, 0.25) is 0 Å². The highest BCUT2D eigenvalue weighted by Crippen LogP contribution is 2.62. The van der Waals surface area contributed by atoms with Crippen molar-refractivity contribution in [3.05, 3.63) is 29.3 Å². The molecule has 0 saturated heterocycles. The Labute approximate surface area is 70.6 Å². The minimum absolute atomic E-state index is 0.599. The molecule has 0 spiro atoms. The lowest BCUT2D eigenvalue weighted by Crippen LogP contribution is -1.88. The number of hydrogen-bond donors (Lipinski definition) is 1. The topological polar surface area (TPSA) is 33.1 Å². The summed E-state index contributed by atoms with van der Waals surface area (Å²) in [7, 11) is 3.56. The zero-order chi connectivity index (χ0) is 7.90. The fraction of sp³-hybridized carbons (Fsp3) is 0. The number of hydrogen-bond acceptors (Lipinski definition) is 2. The molecule has 2 heterocycles. The van der Waals surface area contributed by atoms with E-state index >= 15 is 0 Å². The SMILES string of the molecule is OS1(Cl)C=Cc2cccnc21. The maximum absolute atomic E-state index is 9.55. The van der Waals surface area contributed by atoms with Crippen LogP contribution in [0.15, 0.2) is 28.8 Å². The van der Waals surface area contributed by atoms with Crippen molar-refractivity contribution in [2.45, 2.75) is 5.03 Å². The van der Waals surface area contributed by atoms with E-state index in [1.54, 1.807) is 17.7 Å². The Balaban J connectivity index is 2.64. The summed E-state index contributed by atoms with van der Waals surface area (Å²) in [5.41, 5.74) is 0.917. The first-order valence-corrected chi connectivity index (χ1v) is 5.57. The summed E-state index contributed by atoms with van der Waals surface area (Å²) >= 11 is 0. The minimum atomic E-state index is -2.23. The Morgan fingerprint density at radius 3 is 3.09 bits per heavy atom. The molecule has 1 atom stereocenters. The monoisotopic (exact) mass is 187 g/mol. The molecule has 4 heteroatoms. The van der Waals surface area contributed by atoms with Crippen molar-refractivity contribution >= 4 is 26.3 Å². The Morgan fingerprint density at radius 1 is 1.55 bits per heavy atom. The number of fused-ring (bicyclic) bond motifs is 1. The lowest BCUT2D eigenvalue weighted by molar-refractivity contribution is 0.645. The summed E-state index contributed by atoms with van der Waals surface area (Å²) in [5, 5.41) is 2.20. The fourth-order valence-electron chi connectivity index (χ4n) is 0.997. The van der Waals surface area contributed by atoms with Crippen molar-refractivity contribution in [2.24, 2.45) is 0 Å². The van der Waals surface area contributed by atoms with E-state index in [9.17, 15) is 4.55 Å². The van der Waals surface area contributed by atoms with Gasteiger partial charge in [0.15, 0.2) is 0 Å². The van der Waals surface area contributed by atoms with Crippen molar-refractivity contribution < 1.29 is 4.55 Å². The van der Waals surface area contributed by atoms with E-state index in [2.05, 4.69) is 4.98 Å². The molecule has 0 fully saturated rings. The Hall–Kier alpha value is -0.510. The number of aromatic nitrogens is 1. The molecule has 0 aromatic carbocycles. The van der Waals surface area contributed by atoms with Crippen molar-refractivity contribution in [3.63, 3.8) is 0 Å². The molecule has 0 aliphatic carbocycles. The van der Waals surface area contributed by atoms with Gasteiger partial charge in [0.05, 0.1) is 0 Å². The first kappa shape index (κ1) is 7.16. The van der Waals surface area contributed by atoms with Crippen LogP contribution in [0, 0.1) is 0 Å². The van der Waals surface area contributed by atoms with Gasteiger partial charge in [-0.3, -0.25) is 0 Å². The van der Waals surface area contributed by atoms with E-state index in [4.69, 9.17) is 10.7 Å². The number of halogens is 1. The van der Waals surface area contributed by atoms with E-state index in [0.29, 0.717) is 5.03 Å². The average molecular weight is 188 g/mol. The third-order valence-corrected chi connectivity index (χ3v) is 3.63. The number of pyridine rings is 1. The van der Waals surface area contributed by atoms with Crippen LogP contribution in [-0.4, -0.2) is 9.54 Å². The van der Waals surface area contributed by atoms with Crippen LogP contribution in [0.25, 0.3) is 6.08 Å². The molecule has 1 aromatic heterocycles. The molecule has 1 aliphatic heterocycles. The molecule has 0 amide bonds. The summed E-state index contributed by atoms with van der Waals surface area (Å²) in [5.74, 6) is 0. The Bertz CT molecular complexity index is 324. The van der Waals surface area contributed by atoms with E-state index in [1.807, 2.05) is 12.1 Å². The van der Waals surface area contributed by atoms with Crippen LogP contribution >= 0.6 is 20.2 Å². The zero-order valence-corrected chi connectivity index (χ0v) is 7.14. The molecule has 1 unspecified atom stereocenters. The predicted octanol–water partition coefficient (Wildman–Crippen LogP) is 2.86. The van der Waals surface area contributed by atoms with Crippen LogP contribution in [0.3, 0.4) is 0 Å². The third-order valence-electron chi connectivity index (χ3n) is 1.50. The van der Waals surface area contributed by atoms with Crippen molar-refractivity contribution in [3.8, 4) is 0 Å². The normalized spacial score (nSPS) is 32.9. The highest BCUT2D eigenvalue weighted by atomic mass is 35.7. The third kappa shape index (κ3) is 1.05. The minimum Gasteiger partial charge on any atom is -0.328 e. The Kier molecular flexibility index (Phi) is 1.45. The van der Waals surface area contributed by atoms with Crippen LogP contribution in [0.1, 0.15) is 5.56 Å². The molecule has 0 bridgehead atoms. The quantitative estimate of drug-likeness (QED) is 0.678. The van der Waals surface area contributed by atoms with Crippen molar-refractivity contribution in [1.82, 2.24) is 4.98 Å². The molecule has 2 nitrogen and oxygen atoms in total. The molecule has 1 aromatic rings. The molecule has 1 N–H and O–H groups in total. The van der Waals surface area contributed by atoms with E-state index in [1.165, 1.54) is 0 Å². The van der Waals surface area contributed by atoms with Crippen LogP contribution in [0.5, 0.6) is 0 Å². The van der Waals surface area contributed by atoms with Crippen molar-refractivity contribution in [1.29, 1.82) is 0 Å². The highest BCUT2D eigenvalue weighted by Gasteiger charge is 2.25. The van der Waals surface area contributed by atoms with Crippen molar-refractivity contribution in [2.75, 3.05) is 0 Å². The maximum Gasteiger partial charge on any atom is 0.126 e. The van der Waals surface area contributed by atoms with Gasteiger partial charge in [-0.1, -0.05) is 6.07 Å². The summed E-state index contributed by atoms with van der Waals surface area (Å²) in [4.78, 5) is 4.00. The van der Waals surface area contributed by atoms with E-state index < -0.39 is 9.52 Å². The number of rotatable bonds is 0. The average Bonchev–Trinajstić information content (AvgIpc) is 2.29. The van der Waals surface area contributed by atoms with Gasteiger partial charge < -0.3 is 4.55 Å². The van der Waals surface area contributed by atoms with Gasteiger partial charge in [-0.2, -0.15) is 0 Å². The van der Waals surface area contributed by atoms with Gasteiger partial charge in [-0.05, 0) is 28.2 Å². The smallest absolute Gasteiger partial charge is 0.126 e. The molecule has 2 rings (SSSR count). The van der Waals surface area contributed by atoms with Crippen LogP contribution in [0.2, 0.25) is 0 Å². The largest absolute Gasteiger partial charge is 0.328 e. The Morgan fingerprint density at radius 2 is 2.36 bits per heavy atom. The standard InChI is InChI=1S/C7H6ClNOS/c8-11(10)5-3-6-2-1-4-9-7(6)11/h1-5,10H. The van der Waals surface area contributed by atoms with E-state index in [0.717, 1.165) is 5.56 Å². The van der Waals surface area contributed by atoms with Gasteiger partial charge in [0.1, 0.15) is 5.03 Å². The van der Waals surface area contributed by atoms with Gasteiger partial charge in [0, 0.05) is 21.3 Å². The first-order chi connectivity index (χ1) is 5.20. The van der Waals surface area contributed by atoms with Gasteiger partial charge in [0.25, 0.3) is 0 Å². The molecule has 0 saturated carbocycles. The second kappa shape index (κ2) is 2.24. The summed E-state index contributed by atoms with van der Waals surface area (Å²) in [6, 6.07) is 3.70. The second-order valence-electron chi connectivity index (χ2n) is 2.25. The number of nitrogens with zero attached hydrogens (tertiary/aromatic N) is 1. The molecule has 58 valence electrons. The second-order valence-corrected chi connectivity index (χ2v) is 5.42. The lowest BCUT2D eigenvalue weighted by atomic mass is 10.3. The molecule has 0 radical (unpaired) electrons. The first-order valence-electron chi connectivity index (χ1n) is 3.09. The molecular formula is C7H6ClNOS. The summed E-state index contributed by atoms with van der Waals surface area (Å²) < 4.78 is 9.55. The fourth-order valence-corrected chi connectivity index (χ4v) is 2.67. The lowest BCUT2D eigenvalue weighted by Gasteiger charge is -2.16. The van der Waals surface area contributed by atoms with E-state index in [-0.39, 0.29) is 0 Å². The van der Waals surface area contributed by atoms with Gasteiger partial charge in [-0.25, -0.2) is 4.98 Å². The highest BCUT2D eigenvalue weighted by molar-refractivity contribution is 8.49. The summed E-state index contributed by atoms with van der Waals surface area (Å²) in [6.07, 6.45) is 3.43. The van der Waals surface area contributed by atoms with Gasteiger partial charge >= 0.3 is 0 Å². The molecular weight excluding hydrogens is 182 g/mol. The summed E-state index contributed by atoms with van der Waals surface area (Å²) in [6.45, 7) is 0. The molecule has 11 heavy (non-hydrogen) atoms. The van der Waals surface area contributed by atoms with Crippen LogP contribution in [-0.2, 0) is 0 Å². The molecule has 1 aliphatic rings. The predicted molar refractivity (Wildman–Crippen MR) is 47.6 cm³/mol.